The number of carbonyl (C=O) groups excluding carboxylic acids is 3. The standard InChI is InChI=1S/C46H52N10O4/c47-43-41-42(31-6-9-37(10-7-31)60-36-4-2-1-3-5-36)51-56(44(41)49-29-48-43)34-18-24-53(25-19-34)33-16-20-52(21-17-33)27-30-14-22-54(23-15-30)35-8-11-38-32(26-35)28-55(46(38)59)39-12-13-40(57)50-45(39)58/h1-11,26,29-30,33-34,39H,12-25,27-28H2,(H2,47,48,49)(H,50,57,58). The number of rotatable bonds is 9. The summed E-state index contributed by atoms with van der Waals surface area (Å²) in [4.78, 5) is 55.8. The largest absolute Gasteiger partial charge is 0.457 e. The lowest BCUT2D eigenvalue weighted by molar-refractivity contribution is -0.136. The van der Waals surface area contributed by atoms with Crippen LogP contribution in [0.4, 0.5) is 11.5 Å². The number of nitrogens with zero attached hydrogens (tertiary/aromatic N) is 8. The van der Waals surface area contributed by atoms with Gasteiger partial charge in [-0.25, -0.2) is 14.6 Å². The van der Waals surface area contributed by atoms with Gasteiger partial charge in [-0.15, -0.1) is 0 Å². The fourth-order valence-electron chi connectivity index (χ4n) is 10.2. The Bertz CT molecular complexity index is 2380. The summed E-state index contributed by atoms with van der Waals surface area (Å²) < 4.78 is 8.13. The fourth-order valence-corrected chi connectivity index (χ4v) is 10.2. The highest BCUT2D eigenvalue weighted by Crippen LogP contribution is 2.37. The summed E-state index contributed by atoms with van der Waals surface area (Å²) in [6.07, 6.45) is 8.93. The first-order valence-electron chi connectivity index (χ1n) is 21.7. The van der Waals surface area contributed by atoms with Crippen molar-refractivity contribution >= 4 is 40.3 Å². The summed E-state index contributed by atoms with van der Waals surface area (Å²) in [6, 6.07) is 24.1. The lowest BCUT2D eigenvalue weighted by Crippen LogP contribution is -2.52. The third-order valence-electron chi connectivity index (χ3n) is 13.5. The zero-order valence-corrected chi connectivity index (χ0v) is 33.9. The highest BCUT2D eigenvalue weighted by atomic mass is 16.5. The van der Waals surface area contributed by atoms with E-state index in [0.717, 1.165) is 117 Å². The third kappa shape index (κ3) is 7.58. The molecule has 0 saturated carbocycles. The van der Waals surface area contributed by atoms with Gasteiger partial charge < -0.3 is 30.1 Å². The maximum Gasteiger partial charge on any atom is 0.255 e. The number of nitrogens with two attached hydrogens (primary N) is 1. The van der Waals surface area contributed by atoms with Gasteiger partial charge in [0.25, 0.3) is 5.91 Å². The maximum atomic E-state index is 13.2. The van der Waals surface area contributed by atoms with Crippen LogP contribution >= 0.6 is 0 Å². The Labute approximate surface area is 349 Å². The molecule has 60 heavy (non-hydrogen) atoms. The zero-order valence-electron chi connectivity index (χ0n) is 33.9. The van der Waals surface area contributed by atoms with Gasteiger partial charge in [-0.05, 0) is 124 Å². The third-order valence-corrected chi connectivity index (χ3v) is 13.5. The Balaban J connectivity index is 0.698. The molecule has 4 saturated heterocycles. The van der Waals surface area contributed by atoms with Gasteiger partial charge in [-0.2, -0.15) is 5.10 Å². The summed E-state index contributed by atoms with van der Waals surface area (Å²) in [6.45, 7) is 7.95. The second kappa shape index (κ2) is 16.3. The number of fused-ring (bicyclic) bond motifs is 2. The van der Waals surface area contributed by atoms with Crippen LogP contribution in [-0.4, -0.2) is 110 Å². The van der Waals surface area contributed by atoms with Gasteiger partial charge in [0.05, 0.1) is 11.4 Å². The Hall–Kier alpha value is -5.86. The molecule has 14 nitrogen and oxygen atoms in total. The van der Waals surface area contributed by atoms with E-state index >= 15 is 0 Å². The van der Waals surface area contributed by atoms with Crippen molar-refractivity contribution in [3.8, 4) is 22.8 Å². The van der Waals surface area contributed by atoms with Gasteiger partial charge in [0.2, 0.25) is 11.8 Å². The molecule has 5 aromatic rings. The molecule has 2 aromatic heterocycles. The minimum atomic E-state index is -0.587. The summed E-state index contributed by atoms with van der Waals surface area (Å²) in [5, 5.41) is 8.35. The van der Waals surface area contributed by atoms with E-state index in [1.807, 2.05) is 60.7 Å². The Morgan fingerprint density at radius 3 is 2.25 bits per heavy atom. The molecule has 1 atom stereocenters. The van der Waals surface area contributed by atoms with Gasteiger partial charge in [-0.3, -0.25) is 19.7 Å². The van der Waals surface area contributed by atoms with E-state index in [1.165, 1.54) is 12.8 Å². The molecule has 0 spiro atoms. The van der Waals surface area contributed by atoms with Crippen molar-refractivity contribution in [2.75, 3.05) is 56.4 Å². The first-order valence-corrected chi connectivity index (χ1v) is 21.7. The van der Waals surface area contributed by atoms with Crippen LogP contribution in [0.15, 0.2) is 79.1 Å². The monoisotopic (exact) mass is 808 g/mol. The van der Waals surface area contributed by atoms with Crippen LogP contribution in [0.3, 0.4) is 0 Å². The van der Waals surface area contributed by atoms with Gasteiger partial charge in [0.1, 0.15) is 35.4 Å². The average molecular weight is 809 g/mol. The smallest absolute Gasteiger partial charge is 0.255 e. The molecule has 0 radical (unpaired) electrons. The second-order valence-electron chi connectivity index (χ2n) is 17.2. The predicted octanol–water partition coefficient (Wildman–Crippen LogP) is 5.65. The number of nitrogens with one attached hydrogen (secondary N) is 1. The lowest BCUT2D eigenvalue weighted by atomic mass is 9.93. The number of hydrogen-bond donors (Lipinski definition) is 2. The van der Waals surface area contributed by atoms with E-state index < -0.39 is 6.04 Å². The molecule has 3 amide bonds. The number of nitrogen functional groups attached to an aromatic ring is 1. The maximum absolute atomic E-state index is 13.2. The molecule has 1 unspecified atom stereocenters. The molecule has 14 heteroatoms. The normalized spacial score (nSPS) is 21.5. The SMILES string of the molecule is Nc1ncnc2c1c(-c1ccc(Oc3ccccc3)cc1)nn2C1CCN(C2CCN(CC3CCN(c4ccc5c(c4)CN(C4CCC(=O)NC4=O)C5=O)CC3)CC2)CC1. The molecule has 5 aliphatic heterocycles. The predicted molar refractivity (Wildman–Crippen MR) is 228 cm³/mol. The van der Waals surface area contributed by atoms with E-state index in [-0.39, 0.29) is 30.2 Å². The number of benzene rings is 3. The van der Waals surface area contributed by atoms with Crippen molar-refractivity contribution in [2.24, 2.45) is 5.92 Å². The molecule has 4 fully saturated rings. The topological polar surface area (TPSA) is 155 Å². The van der Waals surface area contributed by atoms with Crippen molar-refractivity contribution in [1.29, 1.82) is 0 Å². The number of ether oxygens (including phenoxy) is 1. The number of para-hydroxylation sites is 1. The number of amides is 3. The van der Waals surface area contributed by atoms with Crippen molar-refractivity contribution in [3.63, 3.8) is 0 Å². The van der Waals surface area contributed by atoms with Crippen molar-refractivity contribution in [2.45, 2.75) is 76.0 Å². The van der Waals surface area contributed by atoms with Crippen LogP contribution in [0.5, 0.6) is 11.5 Å². The highest BCUT2D eigenvalue weighted by molar-refractivity contribution is 6.05. The number of likely N-dealkylation sites (tertiary alicyclic amines) is 2. The number of anilines is 2. The Kier molecular flexibility index (Phi) is 10.4. The van der Waals surface area contributed by atoms with Crippen LogP contribution in [0, 0.1) is 5.92 Å². The first-order chi connectivity index (χ1) is 29.3. The van der Waals surface area contributed by atoms with Gasteiger partial charge in [0, 0.05) is 68.5 Å². The second-order valence-corrected chi connectivity index (χ2v) is 17.2. The molecule has 0 bridgehead atoms. The minimum Gasteiger partial charge on any atom is -0.457 e. The van der Waals surface area contributed by atoms with E-state index in [1.54, 1.807) is 11.2 Å². The number of piperidine rings is 4. The van der Waals surface area contributed by atoms with Crippen molar-refractivity contribution in [1.82, 2.24) is 39.8 Å². The molecular formula is C46H52N10O4. The van der Waals surface area contributed by atoms with Crippen molar-refractivity contribution < 1.29 is 19.1 Å². The lowest BCUT2D eigenvalue weighted by Gasteiger charge is -2.43. The van der Waals surface area contributed by atoms with Crippen LogP contribution in [0.25, 0.3) is 22.3 Å². The van der Waals surface area contributed by atoms with Crippen LogP contribution in [-0.2, 0) is 16.1 Å². The zero-order chi connectivity index (χ0) is 40.7. The number of hydrogen-bond acceptors (Lipinski definition) is 11. The molecular weight excluding hydrogens is 757 g/mol. The van der Waals surface area contributed by atoms with Gasteiger partial charge in [-0.1, -0.05) is 18.2 Å². The molecule has 10 rings (SSSR count). The molecule has 3 aromatic carbocycles. The van der Waals surface area contributed by atoms with E-state index in [2.05, 4.69) is 46.8 Å². The fraction of sp³-hybridized carbons (Fsp3) is 0.435. The van der Waals surface area contributed by atoms with Crippen LogP contribution in [0.1, 0.15) is 73.3 Å². The number of aromatic nitrogens is 4. The summed E-state index contributed by atoms with van der Waals surface area (Å²) in [5.41, 5.74) is 11.8. The minimum absolute atomic E-state index is 0.120. The number of imide groups is 1. The average Bonchev–Trinajstić information content (AvgIpc) is 3.83. The summed E-state index contributed by atoms with van der Waals surface area (Å²) >= 11 is 0. The van der Waals surface area contributed by atoms with E-state index in [9.17, 15) is 14.4 Å². The van der Waals surface area contributed by atoms with Crippen LogP contribution in [0.2, 0.25) is 0 Å². The van der Waals surface area contributed by atoms with Crippen LogP contribution < -0.4 is 20.7 Å². The molecule has 5 aliphatic rings. The Morgan fingerprint density at radius 1 is 0.767 bits per heavy atom. The highest BCUT2D eigenvalue weighted by Gasteiger charge is 2.39. The molecule has 3 N–H and O–H groups in total. The molecule has 310 valence electrons. The quantitative estimate of drug-likeness (QED) is 0.178. The molecule has 7 heterocycles. The van der Waals surface area contributed by atoms with Gasteiger partial charge >= 0.3 is 0 Å². The summed E-state index contributed by atoms with van der Waals surface area (Å²) in [5.74, 6) is 1.92. The van der Waals surface area contributed by atoms with Crippen molar-refractivity contribution in [3.05, 3.63) is 90.3 Å². The molecule has 0 aliphatic carbocycles. The van der Waals surface area contributed by atoms with E-state index in [0.29, 0.717) is 36.3 Å². The Morgan fingerprint density at radius 2 is 1.50 bits per heavy atom. The first kappa shape index (κ1) is 38.3. The van der Waals surface area contributed by atoms with E-state index in [4.69, 9.17) is 15.6 Å². The summed E-state index contributed by atoms with van der Waals surface area (Å²) in [7, 11) is 0. The van der Waals surface area contributed by atoms with Gasteiger partial charge in [0.15, 0.2) is 5.65 Å². The number of carbonyl (C=O) groups is 3.